The minimum absolute atomic E-state index is 0.313. The average Bonchev–Trinajstić information content (AvgIpc) is 2.09. The van der Waals surface area contributed by atoms with E-state index in [1.807, 2.05) is 11.8 Å². The van der Waals surface area contributed by atoms with Gasteiger partial charge in [0.25, 0.3) is 0 Å². The molecule has 0 unspecified atom stereocenters. The first kappa shape index (κ1) is 12.8. The summed E-state index contributed by atoms with van der Waals surface area (Å²) < 4.78 is 0. The second kappa shape index (κ2) is 9.86. The van der Waals surface area contributed by atoms with Gasteiger partial charge in [-0.2, -0.15) is 11.8 Å². The monoisotopic (exact) mass is 205 g/mol. The molecule has 0 aliphatic carbocycles. The molecule has 0 saturated heterocycles. The van der Waals surface area contributed by atoms with Crippen LogP contribution in [0.3, 0.4) is 0 Å². The van der Waals surface area contributed by atoms with Crippen LogP contribution in [0, 0.1) is 0 Å². The molecule has 0 radical (unpaired) electrons. The van der Waals surface area contributed by atoms with Crippen molar-refractivity contribution in [1.82, 2.24) is 0 Å². The Labute approximate surface area is 84.1 Å². The van der Waals surface area contributed by atoms with Gasteiger partial charge in [-0.3, -0.25) is 4.79 Å². The lowest BCUT2D eigenvalue weighted by atomic mass is 10.2. The van der Waals surface area contributed by atoms with Gasteiger partial charge < -0.3 is 10.8 Å². The quantitative estimate of drug-likeness (QED) is 0.562. The van der Waals surface area contributed by atoms with Crippen LogP contribution in [0.1, 0.15) is 32.1 Å². The average molecular weight is 205 g/mol. The molecule has 0 aromatic carbocycles. The smallest absolute Gasteiger partial charge is 0.303 e. The highest BCUT2D eigenvalue weighted by molar-refractivity contribution is 7.99. The third-order valence-electron chi connectivity index (χ3n) is 1.67. The number of nitrogens with two attached hydrogens (primary N) is 1. The molecule has 3 N–H and O–H groups in total. The maximum atomic E-state index is 10.2. The zero-order chi connectivity index (χ0) is 9.94. The molecule has 0 fully saturated rings. The van der Waals surface area contributed by atoms with Gasteiger partial charge in [0.15, 0.2) is 0 Å². The van der Waals surface area contributed by atoms with E-state index in [4.69, 9.17) is 10.8 Å². The first-order chi connectivity index (χ1) is 6.27. The lowest BCUT2D eigenvalue weighted by Crippen LogP contribution is -1.99. The standard InChI is InChI=1S/C9H19NO2S/c10-6-4-8-13-7-3-1-2-5-9(11)12/h1-8,10H2,(H,11,12). The Balaban J connectivity index is 2.87. The van der Waals surface area contributed by atoms with Gasteiger partial charge in [0.05, 0.1) is 0 Å². The molecule has 0 atom stereocenters. The van der Waals surface area contributed by atoms with Crippen molar-refractivity contribution in [2.45, 2.75) is 32.1 Å². The molecule has 0 heterocycles. The number of aliphatic carboxylic acids is 1. The minimum atomic E-state index is -0.684. The molecule has 4 heteroatoms. The predicted molar refractivity (Wildman–Crippen MR) is 57.1 cm³/mol. The Hall–Kier alpha value is -0.220. The summed E-state index contributed by atoms with van der Waals surface area (Å²) >= 11 is 1.91. The number of unbranched alkanes of at least 4 members (excludes halogenated alkanes) is 2. The van der Waals surface area contributed by atoms with Crippen molar-refractivity contribution in [3.8, 4) is 0 Å². The molecule has 0 amide bonds. The number of rotatable bonds is 9. The van der Waals surface area contributed by atoms with Crippen LogP contribution in [-0.2, 0) is 4.79 Å². The Bertz CT molecular complexity index is 131. The topological polar surface area (TPSA) is 63.3 Å². The first-order valence-corrected chi connectivity index (χ1v) is 5.92. The van der Waals surface area contributed by atoms with Gasteiger partial charge in [0.1, 0.15) is 0 Å². The van der Waals surface area contributed by atoms with E-state index < -0.39 is 5.97 Å². The van der Waals surface area contributed by atoms with E-state index in [0.717, 1.165) is 43.7 Å². The maximum absolute atomic E-state index is 10.2. The predicted octanol–water partition coefficient (Wildman–Crippen LogP) is 1.71. The molecule has 0 aliphatic heterocycles. The van der Waals surface area contributed by atoms with E-state index in [9.17, 15) is 4.79 Å². The molecule has 0 saturated carbocycles. The normalized spacial score (nSPS) is 10.2. The van der Waals surface area contributed by atoms with Crippen molar-refractivity contribution in [2.24, 2.45) is 5.73 Å². The highest BCUT2D eigenvalue weighted by Crippen LogP contribution is 2.08. The Morgan fingerprint density at radius 2 is 1.85 bits per heavy atom. The van der Waals surface area contributed by atoms with Crippen molar-refractivity contribution < 1.29 is 9.90 Å². The molecule has 78 valence electrons. The van der Waals surface area contributed by atoms with E-state index >= 15 is 0 Å². The highest BCUT2D eigenvalue weighted by Gasteiger charge is 1.96. The third kappa shape index (κ3) is 11.8. The summed E-state index contributed by atoms with van der Waals surface area (Å²) in [6, 6.07) is 0. The van der Waals surface area contributed by atoms with E-state index in [1.54, 1.807) is 0 Å². The zero-order valence-electron chi connectivity index (χ0n) is 8.00. The van der Waals surface area contributed by atoms with Crippen molar-refractivity contribution in [3.63, 3.8) is 0 Å². The van der Waals surface area contributed by atoms with Crippen LogP contribution in [0.15, 0.2) is 0 Å². The van der Waals surface area contributed by atoms with Crippen LogP contribution in [0.2, 0.25) is 0 Å². The molecule has 0 aromatic rings. The second-order valence-corrected chi connectivity index (χ2v) is 4.18. The van der Waals surface area contributed by atoms with Crippen molar-refractivity contribution in [2.75, 3.05) is 18.1 Å². The second-order valence-electron chi connectivity index (χ2n) is 2.96. The largest absolute Gasteiger partial charge is 0.481 e. The zero-order valence-corrected chi connectivity index (χ0v) is 8.81. The van der Waals surface area contributed by atoms with Crippen LogP contribution in [0.5, 0.6) is 0 Å². The van der Waals surface area contributed by atoms with Crippen LogP contribution in [0.4, 0.5) is 0 Å². The van der Waals surface area contributed by atoms with Crippen LogP contribution in [-0.4, -0.2) is 29.1 Å². The fourth-order valence-electron chi connectivity index (χ4n) is 0.945. The van der Waals surface area contributed by atoms with E-state index in [0.29, 0.717) is 6.42 Å². The summed E-state index contributed by atoms with van der Waals surface area (Å²) in [7, 11) is 0. The Morgan fingerprint density at radius 3 is 2.46 bits per heavy atom. The minimum Gasteiger partial charge on any atom is -0.481 e. The van der Waals surface area contributed by atoms with E-state index in [1.165, 1.54) is 0 Å². The number of carboxylic acids is 1. The number of carbonyl (C=O) groups is 1. The first-order valence-electron chi connectivity index (χ1n) is 4.77. The van der Waals surface area contributed by atoms with Crippen molar-refractivity contribution >= 4 is 17.7 Å². The molecule has 13 heavy (non-hydrogen) atoms. The van der Waals surface area contributed by atoms with Crippen LogP contribution >= 0.6 is 11.8 Å². The van der Waals surface area contributed by atoms with Gasteiger partial charge in [-0.1, -0.05) is 6.42 Å². The SMILES string of the molecule is NCCCSCCCCCC(=O)O. The lowest BCUT2D eigenvalue weighted by Gasteiger charge is -1.99. The van der Waals surface area contributed by atoms with Gasteiger partial charge >= 0.3 is 5.97 Å². The van der Waals surface area contributed by atoms with Crippen molar-refractivity contribution in [3.05, 3.63) is 0 Å². The fraction of sp³-hybridized carbons (Fsp3) is 0.889. The van der Waals surface area contributed by atoms with E-state index in [-0.39, 0.29) is 0 Å². The molecular formula is C9H19NO2S. The summed E-state index contributed by atoms with van der Waals surface area (Å²) in [5, 5.41) is 8.37. The molecule has 0 spiro atoms. The summed E-state index contributed by atoms with van der Waals surface area (Å²) in [4.78, 5) is 10.2. The molecule has 0 aliphatic rings. The Kier molecular flexibility index (Phi) is 9.70. The molecule has 0 aromatic heterocycles. The highest BCUT2D eigenvalue weighted by atomic mass is 32.2. The van der Waals surface area contributed by atoms with Crippen LogP contribution in [0.25, 0.3) is 0 Å². The molecule has 3 nitrogen and oxygen atoms in total. The molecule has 0 bridgehead atoms. The number of carboxylic acid groups (broad SMARTS) is 1. The van der Waals surface area contributed by atoms with Crippen LogP contribution < -0.4 is 5.73 Å². The summed E-state index contributed by atoms with van der Waals surface area (Å²) in [5.41, 5.74) is 5.35. The number of thioether (sulfide) groups is 1. The summed E-state index contributed by atoms with van der Waals surface area (Å²) in [6.07, 6.45) is 4.37. The summed E-state index contributed by atoms with van der Waals surface area (Å²) in [6.45, 7) is 0.770. The van der Waals surface area contributed by atoms with Crippen molar-refractivity contribution in [1.29, 1.82) is 0 Å². The third-order valence-corrected chi connectivity index (χ3v) is 2.83. The maximum Gasteiger partial charge on any atom is 0.303 e. The Morgan fingerprint density at radius 1 is 1.15 bits per heavy atom. The van der Waals surface area contributed by atoms with Gasteiger partial charge in [-0.15, -0.1) is 0 Å². The molecule has 0 rings (SSSR count). The van der Waals surface area contributed by atoms with Gasteiger partial charge in [0.2, 0.25) is 0 Å². The van der Waals surface area contributed by atoms with Gasteiger partial charge in [0, 0.05) is 6.42 Å². The lowest BCUT2D eigenvalue weighted by molar-refractivity contribution is -0.137. The fourth-order valence-corrected chi connectivity index (χ4v) is 1.93. The van der Waals surface area contributed by atoms with Gasteiger partial charge in [-0.05, 0) is 37.3 Å². The number of hydrogen-bond acceptors (Lipinski definition) is 3. The number of hydrogen-bond donors (Lipinski definition) is 2. The van der Waals surface area contributed by atoms with Gasteiger partial charge in [-0.25, -0.2) is 0 Å². The summed E-state index contributed by atoms with van der Waals surface area (Å²) in [5.74, 6) is 1.59. The van der Waals surface area contributed by atoms with E-state index in [2.05, 4.69) is 0 Å². The molecular weight excluding hydrogens is 186 g/mol.